The number of ether oxygens (including phenoxy) is 1. The number of aliphatic hydroxyl groups excluding tert-OH is 2. The molecule has 0 spiro atoms. The van der Waals surface area contributed by atoms with E-state index in [4.69, 9.17) is 10.5 Å². The van der Waals surface area contributed by atoms with Gasteiger partial charge in [-0.05, 0) is 152 Å². The average molecular weight is 815 g/mol. The predicted molar refractivity (Wildman–Crippen MR) is 238 cm³/mol. The number of Topliss-reactive ketones (excluding diaryl/α,β-unsaturated/α-hetero) is 1. The summed E-state index contributed by atoms with van der Waals surface area (Å²) in [5.41, 5.74) is 13.2. The van der Waals surface area contributed by atoms with Gasteiger partial charge in [-0.1, -0.05) is 79.6 Å². The largest absolute Gasteiger partial charge is 0.504 e. The van der Waals surface area contributed by atoms with Crippen molar-refractivity contribution in [1.82, 2.24) is 15.6 Å². The maximum absolute atomic E-state index is 13.3. The van der Waals surface area contributed by atoms with Gasteiger partial charge in [0.05, 0.1) is 13.0 Å². The lowest BCUT2D eigenvalue weighted by Crippen LogP contribution is -2.47. The van der Waals surface area contributed by atoms with Crippen molar-refractivity contribution in [1.29, 1.82) is 0 Å². The molecular formula is C50H62N4O6. The number of nitrogens with zero attached hydrogens (tertiary/aromatic N) is 1. The number of allylic oxidation sites excluding steroid dienone is 1. The number of nitrogens with two attached hydrogens (primary N) is 1. The second-order valence-electron chi connectivity index (χ2n) is 16.4. The highest BCUT2D eigenvalue weighted by Crippen LogP contribution is 2.38. The molecule has 7 N–H and O–H groups in total. The van der Waals surface area contributed by atoms with Crippen LogP contribution in [0.3, 0.4) is 0 Å². The molecule has 1 aromatic heterocycles. The third kappa shape index (κ3) is 12.5. The Kier molecular flexibility index (Phi) is 16.6. The van der Waals surface area contributed by atoms with Crippen molar-refractivity contribution in [2.75, 3.05) is 39.3 Å². The number of nitrogen functional groups attached to an aromatic ring is 1. The minimum absolute atomic E-state index is 0.00267. The van der Waals surface area contributed by atoms with Crippen molar-refractivity contribution < 1.29 is 29.6 Å². The van der Waals surface area contributed by atoms with Crippen LogP contribution < -0.4 is 21.1 Å². The Labute approximate surface area is 355 Å². The molecule has 4 atom stereocenters. The Morgan fingerprint density at radius 2 is 1.67 bits per heavy atom. The Bertz CT molecular complexity index is 2100. The fraction of sp³-hybridized carbons (Fsp3) is 0.420. The van der Waals surface area contributed by atoms with Gasteiger partial charge in [0.15, 0.2) is 24.1 Å². The van der Waals surface area contributed by atoms with Crippen LogP contribution in [0.25, 0.3) is 5.57 Å². The van der Waals surface area contributed by atoms with E-state index in [2.05, 4.69) is 76.3 Å². The van der Waals surface area contributed by atoms with Gasteiger partial charge in [0.2, 0.25) is 0 Å². The van der Waals surface area contributed by atoms with Crippen molar-refractivity contribution >= 4 is 23.0 Å². The molecule has 2 aliphatic rings. The van der Waals surface area contributed by atoms with Crippen LogP contribution in [0.15, 0.2) is 97.2 Å². The lowest BCUT2D eigenvalue weighted by Gasteiger charge is -2.42. The average Bonchev–Trinajstić information content (AvgIpc) is 3.26. The summed E-state index contributed by atoms with van der Waals surface area (Å²) in [4.78, 5) is 30.7. The number of pyridine rings is 1. The highest BCUT2D eigenvalue weighted by Gasteiger charge is 2.36. The molecule has 318 valence electrons. The summed E-state index contributed by atoms with van der Waals surface area (Å²) in [5.74, 6) is 1.51. The Balaban J connectivity index is 1.09. The number of piperidine rings is 1. The van der Waals surface area contributed by atoms with Crippen LogP contribution in [0.1, 0.15) is 83.9 Å². The number of hydrogen-bond donors (Lipinski definition) is 6. The number of phenols is 1. The van der Waals surface area contributed by atoms with E-state index in [1.807, 2.05) is 19.2 Å². The van der Waals surface area contributed by atoms with Gasteiger partial charge in [0, 0.05) is 25.2 Å². The maximum atomic E-state index is 13.3. The van der Waals surface area contributed by atoms with Gasteiger partial charge in [0.25, 0.3) is 0 Å². The van der Waals surface area contributed by atoms with Crippen LogP contribution in [-0.2, 0) is 41.7 Å². The second-order valence-corrected chi connectivity index (χ2v) is 16.4. The zero-order valence-electron chi connectivity index (χ0n) is 35.0. The number of ketones is 2. The number of likely N-dealkylation sites (N-methyl/N-ethyl adjacent to an activating group) is 1. The molecule has 10 heteroatoms. The van der Waals surface area contributed by atoms with Crippen molar-refractivity contribution in [3.63, 3.8) is 0 Å². The molecule has 3 aromatic carbocycles. The van der Waals surface area contributed by atoms with E-state index in [1.165, 1.54) is 41.3 Å². The molecule has 6 rings (SSSR count). The van der Waals surface area contributed by atoms with Crippen molar-refractivity contribution in [2.24, 2.45) is 17.8 Å². The molecule has 0 amide bonds. The van der Waals surface area contributed by atoms with Gasteiger partial charge >= 0.3 is 0 Å². The number of carbonyl (C=O) groups excluding carboxylic acids is 2. The zero-order valence-corrected chi connectivity index (χ0v) is 35.0. The van der Waals surface area contributed by atoms with Crippen LogP contribution in [0.2, 0.25) is 0 Å². The third-order valence-corrected chi connectivity index (χ3v) is 12.3. The van der Waals surface area contributed by atoms with Gasteiger partial charge in [-0.3, -0.25) is 9.59 Å². The first-order valence-corrected chi connectivity index (χ1v) is 21.6. The van der Waals surface area contributed by atoms with E-state index < -0.39 is 19.2 Å². The van der Waals surface area contributed by atoms with Gasteiger partial charge in [0.1, 0.15) is 11.6 Å². The summed E-state index contributed by atoms with van der Waals surface area (Å²) >= 11 is 0. The molecule has 60 heavy (non-hydrogen) atoms. The number of anilines is 1. The number of nitrogens with one attached hydrogen (secondary N) is 2. The SMILES string of the molecule is CN[C@@H]1C=C[C@H]2CNCC[C@H]2[C@@H]1CCCCCC(=O)CC(=O)C=C(CO)c1cc(OCO)c(O)cc1Cc1cnc(N)cc1CCc1cccc(CCc2ccccc2)c1. The van der Waals surface area contributed by atoms with E-state index in [0.29, 0.717) is 60.0 Å². The predicted octanol–water partition coefficient (Wildman–Crippen LogP) is 6.71. The number of aryl methyl sites for hydroxylation is 4. The quantitative estimate of drug-likeness (QED) is 0.0165. The lowest BCUT2D eigenvalue weighted by atomic mass is 9.68. The zero-order chi connectivity index (χ0) is 42.3. The first-order valence-electron chi connectivity index (χ1n) is 21.6. The van der Waals surface area contributed by atoms with Crippen LogP contribution in [0.4, 0.5) is 5.82 Å². The molecule has 0 bridgehead atoms. The topological polar surface area (TPSA) is 167 Å². The van der Waals surface area contributed by atoms with E-state index in [9.17, 15) is 24.9 Å². The Morgan fingerprint density at radius 1 is 0.900 bits per heavy atom. The fourth-order valence-electron chi connectivity index (χ4n) is 9.17. The van der Waals surface area contributed by atoms with Crippen molar-refractivity contribution in [2.45, 2.75) is 83.1 Å². The molecule has 0 unspecified atom stereocenters. The van der Waals surface area contributed by atoms with Crippen LogP contribution in [0, 0.1) is 17.8 Å². The van der Waals surface area contributed by atoms with E-state index >= 15 is 0 Å². The number of rotatable bonds is 22. The maximum Gasteiger partial charge on any atom is 0.186 e. The summed E-state index contributed by atoms with van der Waals surface area (Å²) in [6, 6.07) is 24.4. The smallest absolute Gasteiger partial charge is 0.186 e. The van der Waals surface area contributed by atoms with Crippen LogP contribution >= 0.6 is 0 Å². The summed E-state index contributed by atoms with van der Waals surface area (Å²) in [7, 11) is 2.03. The van der Waals surface area contributed by atoms with Gasteiger partial charge in [-0.25, -0.2) is 4.98 Å². The minimum atomic E-state index is -0.677. The number of unbranched alkanes of at least 4 members (excludes halogenated alkanes) is 2. The number of carbonyl (C=O) groups is 2. The standard InChI is InChI=1S/C50H62N4O6/c1-52-47-20-19-38-30-53-22-21-44(38)45(47)14-7-3-6-13-42(57)28-43(58)25-41(32-55)46-29-49(60-33-56)48(59)26-39(46)24-40-31-54-50(51)27-37(40)18-17-36-12-8-11-35(23-36)16-15-34-9-4-2-5-10-34/h2,4-5,8-12,19-20,23,25-27,29,31,38,44-45,47,52-53,55-56,59H,3,6-7,13-18,21-22,24,28,30,32-33H2,1H3,(H2,51,54)/t38-,44+,45-,47+/m0/s1. The first kappa shape index (κ1) is 44.4. The van der Waals surface area contributed by atoms with E-state index in [0.717, 1.165) is 69.2 Å². The molecule has 4 aromatic rings. The number of hydrogen-bond acceptors (Lipinski definition) is 10. The molecule has 10 nitrogen and oxygen atoms in total. The highest BCUT2D eigenvalue weighted by atomic mass is 16.6. The summed E-state index contributed by atoms with van der Waals surface area (Å²) in [6.07, 6.45) is 16.5. The number of phenolic OH excluding ortho intramolecular Hbond substituents is 1. The second kappa shape index (κ2) is 22.5. The minimum Gasteiger partial charge on any atom is -0.504 e. The Morgan fingerprint density at radius 3 is 2.43 bits per heavy atom. The molecule has 1 aliphatic carbocycles. The molecule has 1 saturated heterocycles. The van der Waals surface area contributed by atoms with E-state index in [1.54, 1.807) is 6.20 Å². The Hall–Kier alpha value is -5.13. The summed E-state index contributed by atoms with van der Waals surface area (Å²) in [5, 5.41) is 38.0. The molecular weight excluding hydrogens is 753 g/mol. The highest BCUT2D eigenvalue weighted by molar-refractivity contribution is 6.07. The number of fused-ring (bicyclic) bond motifs is 1. The van der Waals surface area contributed by atoms with Crippen LogP contribution in [-0.4, -0.2) is 71.4 Å². The normalized spacial score (nSPS) is 18.9. The monoisotopic (exact) mass is 814 g/mol. The number of aliphatic hydroxyl groups is 2. The first-order chi connectivity index (χ1) is 29.2. The van der Waals surface area contributed by atoms with Gasteiger partial charge in [-0.2, -0.15) is 0 Å². The van der Waals surface area contributed by atoms with Crippen molar-refractivity contribution in [3.8, 4) is 11.5 Å². The van der Waals surface area contributed by atoms with Crippen molar-refractivity contribution in [3.05, 3.63) is 136 Å². The number of benzene rings is 3. The molecule has 1 aliphatic heterocycles. The molecule has 2 heterocycles. The van der Waals surface area contributed by atoms with Gasteiger partial charge in [-0.15, -0.1) is 0 Å². The number of aromatic nitrogens is 1. The lowest BCUT2D eigenvalue weighted by molar-refractivity contribution is -0.124. The fourth-order valence-corrected chi connectivity index (χ4v) is 9.17. The molecule has 0 saturated carbocycles. The number of aromatic hydroxyl groups is 1. The molecule has 0 radical (unpaired) electrons. The summed E-state index contributed by atoms with van der Waals surface area (Å²) in [6.45, 7) is 0.938. The third-order valence-electron chi connectivity index (χ3n) is 12.3. The van der Waals surface area contributed by atoms with E-state index in [-0.39, 0.29) is 29.3 Å². The molecule has 1 fully saturated rings. The summed E-state index contributed by atoms with van der Waals surface area (Å²) < 4.78 is 5.29. The van der Waals surface area contributed by atoms with Gasteiger partial charge < -0.3 is 36.4 Å². The van der Waals surface area contributed by atoms with Crippen LogP contribution in [0.5, 0.6) is 11.5 Å².